The van der Waals surface area contributed by atoms with E-state index >= 15 is 0 Å². The Bertz CT molecular complexity index is 1090. The van der Waals surface area contributed by atoms with Crippen molar-refractivity contribution in [2.75, 3.05) is 11.9 Å². The van der Waals surface area contributed by atoms with Gasteiger partial charge < -0.3 is 45.4 Å². The van der Waals surface area contributed by atoms with Gasteiger partial charge in [-0.25, -0.2) is 23.6 Å². The summed E-state index contributed by atoms with van der Waals surface area (Å²) in [5, 5.41) is 33.4. The number of nitrogens with zero attached hydrogens (tertiary/aromatic N) is 3. The molecule has 0 saturated carbocycles. The fraction of sp³-hybridized carbons (Fsp3) is 0.636. The molecule has 0 aliphatic carbocycles. The van der Waals surface area contributed by atoms with Gasteiger partial charge in [-0.1, -0.05) is 0 Å². The number of hydrogen-bond acceptors (Lipinski definition) is 13. The molecule has 3 heterocycles. The van der Waals surface area contributed by atoms with Crippen LogP contribution in [0.3, 0.4) is 0 Å². The number of nitrogens with one attached hydrogen (secondary N) is 1. The highest BCUT2D eigenvalue weighted by molar-refractivity contribution is 7.66. The summed E-state index contributed by atoms with van der Waals surface area (Å²) in [5.41, 5.74) is 5.84. The van der Waals surface area contributed by atoms with E-state index in [1.807, 2.05) is 0 Å². The van der Waals surface area contributed by atoms with Gasteiger partial charge in [0.15, 0.2) is 6.33 Å². The van der Waals surface area contributed by atoms with Gasteiger partial charge in [0.05, 0.1) is 13.7 Å². The molecule has 2 unspecified atom stereocenters. The zero-order valence-corrected chi connectivity index (χ0v) is 19.1. The molecule has 0 spiro atoms. The van der Waals surface area contributed by atoms with Gasteiger partial charge in [0.25, 0.3) is 11.8 Å². The molecule has 0 bridgehead atoms. The number of hydrogen-bond donors (Lipinski definition) is 9. The van der Waals surface area contributed by atoms with Crippen LogP contribution in [0.5, 0.6) is 0 Å². The number of nitrogens with two attached hydrogens (primary N) is 1. The molecule has 3 rings (SSSR count). The minimum Gasteiger partial charge on any atom is -0.387 e. The Morgan fingerprint density at radius 3 is 2.39 bits per heavy atom. The molecule has 0 amide bonds. The zero-order valence-electron chi connectivity index (χ0n) is 16.4. The predicted molar refractivity (Wildman–Crippen MR) is 102 cm³/mol. The molecule has 10 N–H and O–H groups in total. The monoisotopic (exact) mass is 540 g/mol. The highest BCUT2D eigenvalue weighted by Crippen LogP contribution is 2.66. The van der Waals surface area contributed by atoms with Crippen molar-refractivity contribution in [2.24, 2.45) is 17.8 Å². The van der Waals surface area contributed by atoms with Gasteiger partial charge in [-0.05, 0) is 0 Å². The van der Waals surface area contributed by atoms with E-state index < -0.39 is 60.8 Å². The van der Waals surface area contributed by atoms with Crippen LogP contribution < -0.4 is 15.6 Å². The van der Waals surface area contributed by atoms with Crippen molar-refractivity contribution in [3.05, 3.63) is 12.0 Å². The van der Waals surface area contributed by atoms with E-state index in [0.29, 0.717) is 0 Å². The lowest BCUT2D eigenvalue weighted by molar-refractivity contribution is -0.753. The molecule has 188 valence electrons. The van der Waals surface area contributed by atoms with E-state index in [1.165, 1.54) is 15.5 Å². The number of aromatic nitrogens is 2. The third kappa shape index (κ3) is 6.05. The van der Waals surface area contributed by atoms with E-state index in [9.17, 15) is 33.9 Å². The molecular weight excluding hydrogens is 519 g/mol. The molecular formula is C11H21N5O14P3+. The summed E-state index contributed by atoms with van der Waals surface area (Å²) in [4.78, 5) is 39.5. The molecule has 19 nitrogen and oxygen atoms in total. The number of imidazole rings is 1. The van der Waals surface area contributed by atoms with Crippen molar-refractivity contribution < 1.29 is 71.0 Å². The summed E-state index contributed by atoms with van der Waals surface area (Å²) >= 11 is 0. The average molecular weight is 540 g/mol. The highest BCUT2D eigenvalue weighted by atomic mass is 31.3. The molecule has 1 fully saturated rings. The standard InChI is InChI=1S/C11H20N5O14P3/c1-15-3-16(8-5(15)9(19)14-11(12)13-8)10-7(18)6(17)4(28-10)2-27-32(23,24)30-33(25,26)29-31(20,21)22/h3-4,6-7,9-10,17-19H,2H2,1H3,(H6-,12,13,14,20,21,22,23,24,25,26)/p+1/t4-,6-,7-,9-,10-/m1/s1. The SMILES string of the molecule is Cn1c[n+]([C@@H]2O[C@H](COP(=O)(O)OP(=O)(O)OP(=O)(O)O)[C@@H](O)[C@H]2O)c2c1[C@@H](O)N=C(N)N2. The van der Waals surface area contributed by atoms with Crippen molar-refractivity contribution >= 4 is 35.2 Å². The van der Waals surface area contributed by atoms with Crippen LogP contribution >= 0.6 is 23.5 Å². The molecule has 1 saturated heterocycles. The Labute approximate surface area is 184 Å². The number of aliphatic hydroxyl groups excluding tert-OH is 3. The number of anilines is 1. The normalized spacial score (nSPS) is 31.3. The quantitative estimate of drug-likeness (QED) is 0.117. The van der Waals surface area contributed by atoms with Crippen molar-refractivity contribution in [1.82, 2.24) is 4.57 Å². The van der Waals surface area contributed by atoms with Gasteiger partial charge in [-0.15, -0.1) is 0 Å². The van der Waals surface area contributed by atoms with Crippen LogP contribution in [0.1, 0.15) is 18.1 Å². The molecule has 2 aliphatic heterocycles. The Kier molecular flexibility index (Phi) is 7.24. The Morgan fingerprint density at radius 1 is 1.15 bits per heavy atom. The number of fused-ring (bicyclic) bond motifs is 1. The molecule has 0 radical (unpaired) electrons. The van der Waals surface area contributed by atoms with Crippen LogP contribution in [0, 0.1) is 0 Å². The summed E-state index contributed by atoms with van der Waals surface area (Å²) in [6.07, 6.45) is -6.11. The number of aliphatic hydroxyl groups is 3. The lowest BCUT2D eigenvalue weighted by Gasteiger charge is -2.19. The van der Waals surface area contributed by atoms with Crippen LogP contribution in [-0.2, 0) is 38.6 Å². The van der Waals surface area contributed by atoms with Gasteiger partial charge in [-0.3, -0.25) is 9.09 Å². The summed E-state index contributed by atoms with van der Waals surface area (Å²) in [6.45, 7) is -0.979. The van der Waals surface area contributed by atoms with E-state index in [1.54, 1.807) is 7.05 Å². The minimum atomic E-state index is -5.72. The number of aliphatic imine (C=N–C) groups is 1. The first kappa shape index (κ1) is 26.3. The van der Waals surface area contributed by atoms with Crippen molar-refractivity contribution in [3.63, 3.8) is 0 Å². The second kappa shape index (κ2) is 9.07. The zero-order chi connectivity index (χ0) is 24.9. The molecule has 7 atom stereocenters. The average Bonchev–Trinajstić information content (AvgIpc) is 3.07. The smallest absolute Gasteiger partial charge is 0.387 e. The van der Waals surface area contributed by atoms with Gasteiger partial charge >= 0.3 is 23.5 Å². The van der Waals surface area contributed by atoms with Gasteiger partial charge in [0.2, 0.25) is 18.1 Å². The van der Waals surface area contributed by atoms with E-state index in [-0.39, 0.29) is 17.5 Å². The Morgan fingerprint density at radius 2 is 1.79 bits per heavy atom. The van der Waals surface area contributed by atoms with Crippen LogP contribution in [0.15, 0.2) is 11.3 Å². The first-order valence-electron chi connectivity index (χ1n) is 8.68. The Hall–Kier alpha value is -1.27. The topological polar surface area (TPSA) is 289 Å². The van der Waals surface area contributed by atoms with Crippen molar-refractivity contribution in [1.29, 1.82) is 0 Å². The molecule has 2 aliphatic rings. The summed E-state index contributed by atoms with van der Waals surface area (Å²) in [6, 6.07) is 0. The van der Waals surface area contributed by atoms with Crippen LogP contribution in [0.25, 0.3) is 0 Å². The molecule has 0 aromatic carbocycles. The number of aryl methyl sites for hydroxylation is 1. The summed E-state index contributed by atoms with van der Waals surface area (Å²) < 4.78 is 53.6. The predicted octanol–water partition coefficient (Wildman–Crippen LogP) is -2.99. The van der Waals surface area contributed by atoms with Crippen LogP contribution in [0.2, 0.25) is 0 Å². The second-order valence-corrected chi connectivity index (χ2v) is 11.2. The summed E-state index contributed by atoms with van der Waals surface area (Å²) in [5.74, 6) is 0.0227. The number of ether oxygens (including phenoxy) is 1. The van der Waals surface area contributed by atoms with Gasteiger partial charge in [0, 0.05) is 0 Å². The first-order valence-corrected chi connectivity index (χ1v) is 13.2. The summed E-state index contributed by atoms with van der Waals surface area (Å²) in [7, 11) is -15.2. The van der Waals surface area contributed by atoms with Crippen LogP contribution in [-0.4, -0.2) is 70.3 Å². The number of rotatable bonds is 8. The second-order valence-electron chi connectivity index (χ2n) is 6.81. The van der Waals surface area contributed by atoms with E-state index in [4.69, 9.17) is 25.2 Å². The van der Waals surface area contributed by atoms with Crippen molar-refractivity contribution in [2.45, 2.75) is 30.8 Å². The maximum absolute atomic E-state index is 11.9. The number of guanidine groups is 1. The fourth-order valence-corrected chi connectivity index (χ4v) is 6.18. The molecule has 33 heavy (non-hydrogen) atoms. The molecule has 1 aromatic rings. The largest absolute Gasteiger partial charge is 0.490 e. The van der Waals surface area contributed by atoms with E-state index in [2.05, 4.69) is 23.5 Å². The van der Waals surface area contributed by atoms with E-state index in [0.717, 1.165) is 0 Å². The lowest BCUT2D eigenvalue weighted by atomic mass is 10.1. The fourth-order valence-electron chi connectivity index (χ4n) is 3.15. The minimum absolute atomic E-state index is 0.146. The maximum Gasteiger partial charge on any atom is 0.490 e. The maximum atomic E-state index is 11.9. The van der Waals surface area contributed by atoms with Crippen molar-refractivity contribution in [3.8, 4) is 0 Å². The third-order valence-corrected chi connectivity index (χ3v) is 8.16. The molecule has 22 heteroatoms. The van der Waals surface area contributed by atoms with Gasteiger partial charge in [0.1, 0.15) is 18.3 Å². The third-order valence-electron chi connectivity index (χ3n) is 4.36. The number of phosphoric acid groups is 3. The Balaban J connectivity index is 1.71. The number of phosphoric ester groups is 1. The van der Waals surface area contributed by atoms with Gasteiger partial charge in [-0.2, -0.15) is 13.6 Å². The highest BCUT2D eigenvalue weighted by Gasteiger charge is 2.49. The lowest BCUT2D eigenvalue weighted by Crippen LogP contribution is -2.48. The van der Waals surface area contributed by atoms with Crippen LogP contribution in [0.4, 0.5) is 5.82 Å². The first-order chi connectivity index (χ1) is 15.0. The molecule has 1 aromatic heterocycles.